The van der Waals surface area contributed by atoms with Gasteiger partial charge in [0.25, 0.3) is 0 Å². The average Bonchev–Trinajstić information content (AvgIpc) is 3.08. The van der Waals surface area contributed by atoms with Crippen LogP contribution >= 0.6 is 15.9 Å². The molecule has 0 saturated heterocycles. The zero-order chi connectivity index (χ0) is 14.1. The zero-order valence-corrected chi connectivity index (χ0v) is 12.2. The molecule has 20 heavy (non-hydrogen) atoms. The number of nitrogens with zero attached hydrogens (tertiary/aromatic N) is 2. The fraction of sp³-hybridized carbons (Fsp3) is 0.357. The van der Waals surface area contributed by atoms with E-state index in [4.69, 9.17) is 9.63 Å². The Balaban J connectivity index is 1.79. The number of hydrogen-bond acceptors (Lipinski definition) is 4. The maximum Gasteiger partial charge on any atom is 0.306 e. The summed E-state index contributed by atoms with van der Waals surface area (Å²) in [5.74, 6) is 0.119. The standard InChI is InChI=1S/C14H13BrN2O3/c15-11-3-1-2-8(7-11)12-16-13(20-17-12)9-4-5-10(6-9)14(18)19/h1-3,7,9-10H,4-6H2,(H,18,19). The lowest BCUT2D eigenvalue weighted by Crippen LogP contribution is -2.09. The summed E-state index contributed by atoms with van der Waals surface area (Å²) in [5, 5.41) is 13.0. The van der Waals surface area contributed by atoms with Crippen molar-refractivity contribution in [1.29, 1.82) is 0 Å². The minimum Gasteiger partial charge on any atom is -0.481 e. The van der Waals surface area contributed by atoms with Crippen LogP contribution in [0.25, 0.3) is 11.4 Å². The van der Waals surface area contributed by atoms with E-state index in [0.29, 0.717) is 24.6 Å². The van der Waals surface area contributed by atoms with Gasteiger partial charge in [-0.15, -0.1) is 0 Å². The molecule has 2 unspecified atom stereocenters. The summed E-state index contributed by atoms with van der Waals surface area (Å²) in [5.41, 5.74) is 0.877. The van der Waals surface area contributed by atoms with Crippen LogP contribution in [0.5, 0.6) is 0 Å². The number of carboxylic acid groups (broad SMARTS) is 1. The molecular weight excluding hydrogens is 324 g/mol. The van der Waals surface area contributed by atoms with Crippen LogP contribution < -0.4 is 0 Å². The van der Waals surface area contributed by atoms with Crippen molar-refractivity contribution in [3.8, 4) is 11.4 Å². The Morgan fingerprint density at radius 2 is 2.25 bits per heavy atom. The summed E-state index contributed by atoms with van der Waals surface area (Å²) < 4.78 is 6.25. The number of rotatable bonds is 3. The molecular formula is C14H13BrN2O3. The van der Waals surface area contributed by atoms with E-state index in [9.17, 15) is 4.79 Å². The summed E-state index contributed by atoms with van der Waals surface area (Å²) >= 11 is 3.40. The third-order valence-electron chi connectivity index (χ3n) is 3.66. The van der Waals surface area contributed by atoms with Crippen molar-refractivity contribution in [2.24, 2.45) is 5.92 Å². The molecule has 1 saturated carbocycles. The predicted octanol–water partition coefficient (Wildman–Crippen LogP) is 3.47. The molecule has 1 heterocycles. The van der Waals surface area contributed by atoms with Crippen LogP contribution in [0.1, 0.15) is 31.1 Å². The van der Waals surface area contributed by atoms with Crippen molar-refractivity contribution in [3.63, 3.8) is 0 Å². The van der Waals surface area contributed by atoms with Gasteiger partial charge in [-0.25, -0.2) is 0 Å². The molecule has 1 aromatic heterocycles. The van der Waals surface area contributed by atoms with Gasteiger partial charge in [0.1, 0.15) is 0 Å². The van der Waals surface area contributed by atoms with Crippen molar-refractivity contribution in [3.05, 3.63) is 34.6 Å². The fourth-order valence-corrected chi connectivity index (χ4v) is 2.98. The Morgan fingerprint density at radius 3 is 2.95 bits per heavy atom. The van der Waals surface area contributed by atoms with Crippen LogP contribution in [0, 0.1) is 5.92 Å². The van der Waals surface area contributed by atoms with E-state index < -0.39 is 5.97 Å². The van der Waals surface area contributed by atoms with Crippen molar-refractivity contribution in [2.45, 2.75) is 25.2 Å². The molecule has 1 N–H and O–H groups in total. The first kappa shape index (κ1) is 13.3. The van der Waals surface area contributed by atoms with Crippen molar-refractivity contribution in [1.82, 2.24) is 10.1 Å². The average molecular weight is 337 g/mol. The first-order valence-corrected chi connectivity index (χ1v) is 7.25. The molecule has 6 heteroatoms. The predicted molar refractivity (Wildman–Crippen MR) is 75.2 cm³/mol. The molecule has 1 aromatic carbocycles. The van der Waals surface area contributed by atoms with Gasteiger partial charge in [-0.1, -0.05) is 33.2 Å². The molecule has 1 fully saturated rings. The first-order chi connectivity index (χ1) is 9.63. The van der Waals surface area contributed by atoms with E-state index in [1.54, 1.807) is 0 Å². The highest BCUT2D eigenvalue weighted by atomic mass is 79.9. The second kappa shape index (κ2) is 5.36. The lowest BCUT2D eigenvalue weighted by Gasteiger charge is -2.02. The number of halogens is 1. The Morgan fingerprint density at radius 1 is 1.40 bits per heavy atom. The van der Waals surface area contributed by atoms with E-state index in [0.717, 1.165) is 16.5 Å². The molecule has 1 aliphatic rings. The molecule has 0 radical (unpaired) electrons. The molecule has 0 aliphatic heterocycles. The number of carbonyl (C=O) groups is 1. The molecule has 3 rings (SSSR count). The summed E-state index contributed by atoms with van der Waals surface area (Å²) in [4.78, 5) is 15.4. The van der Waals surface area contributed by atoms with Crippen LogP contribution in [0.4, 0.5) is 0 Å². The largest absolute Gasteiger partial charge is 0.481 e. The Labute approximate surface area is 124 Å². The third kappa shape index (κ3) is 2.60. The number of aliphatic carboxylic acids is 1. The molecule has 1 aliphatic carbocycles. The molecule has 5 nitrogen and oxygen atoms in total. The van der Waals surface area contributed by atoms with Crippen molar-refractivity contribution in [2.75, 3.05) is 0 Å². The monoisotopic (exact) mass is 336 g/mol. The molecule has 2 aromatic rings. The van der Waals surface area contributed by atoms with Crippen LogP contribution in [0.3, 0.4) is 0 Å². The Kier molecular flexibility index (Phi) is 3.56. The van der Waals surface area contributed by atoms with Crippen LogP contribution in [0.2, 0.25) is 0 Å². The molecule has 2 atom stereocenters. The highest BCUT2D eigenvalue weighted by Gasteiger charge is 2.33. The van der Waals surface area contributed by atoms with Gasteiger partial charge in [0, 0.05) is 16.0 Å². The van der Waals surface area contributed by atoms with E-state index in [-0.39, 0.29) is 11.8 Å². The van der Waals surface area contributed by atoms with Gasteiger partial charge in [0.15, 0.2) is 0 Å². The SMILES string of the molecule is O=C(O)C1CCC(c2nc(-c3cccc(Br)c3)no2)C1. The summed E-state index contributed by atoms with van der Waals surface area (Å²) in [6.45, 7) is 0. The van der Waals surface area contributed by atoms with Gasteiger partial charge in [-0.05, 0) is 31.4 Å². The maximum absolute atomic E-state index is 11.0. The van der Waals surface area contributed by atoms with Gasteiger partial charge in [-0.2, -0.15) is 4.98 Å². The van der Waals surface area contributed by atoms with Gasteiger partial charge in [0.05, 0.1) is 5.92 Å². The zero-order valence-electron chi connectivity index (χ0n) is 10.6. The summed E-state index contributed by atoms with van der Waals surface area (Å²) in [6, 6.07) is 7.67. The smallest absolute Gasteiger partial charge is 0.306 e. The van der Waals surface area contributed by atoms with E-state index >= 15 is 0 Å². The lowest BCUT2D eigenvalue weighted by molar-refractivity contribution is -0.141. The van der Waals surface area contributed by atoms with Crippen molar-refractivity contribution >= 4 is 21.9 Å². The van der Waals surface area contributed by atoms with Crippen LogP contribution in [-0.4, -0.2) is 21.2 Å². The molecule has 0 bridgehead atoms. The summed E-state index contributed by atoms with van der Waals surface area (Å²) in [7, 11) is 0. The highest BCUT2D eigenvalue weighted by Crippen LogP contribution is 2.38. The van der Waals surface area contributed by atoms with E-state index in [2.05, 4.69) is 26.1 Å². The van der Waals surface area contributed by atoms with Crippen LogP contribution in [0.15, 0.2) is 33.3 Å². The van der Waals surface area contributed by atoms with Gasteiger partial charge in [-0.3, -0.25) is 4.79 Å². The second-order valence-electron chi connectivity index (χ2n) is 5.01. The minimum atomic E-state index is -0.737. The minimum absolute atomic E-state index is 0.0597. The maximum atomic E-state index is 11.0. The Hall–Kier alpha value is -1.69. The molecule has 0 amide bonds. The normalized spacial score (nSPS) is 22.1. The Bertz CT molecular complexity index is 641. The second-order valence-corrected chi connectivity index (χ2v) is 5.93. The number of aromatic nitrogens is 2. The van der Waals surface area contributed by atoms with E-state index in [1.165, 1.54) is 0 Å². The quantitative estimate of drug-likeness (QED) is 0.928. The first-order valence-electron chi connectivity index (χ1n) is 6.46. The number of hydrogen-bond donors (Lipinski definition) is 1. The fourth-order valence-electron chi connectivity index (χ4n) is 2.58. The topological polar surface area (TPSA) is 76.2 Å². The van der Waals surface area contributed by atoms with Gasteiger partial charge in [0.2, 0.25) is 11.7 Å². The lowest BCUT2D eigenvalue weighted by atomic mass is 10.1. The number of benzene rings is 1. The van der Waals surface area contributed by atoms with E-state index in [1.807, 2.05) is 24.3 Å². The third-order valence-corrected chi connectivity index (χ3v) is 4.15. The van der Waals surface area contributed by atoms with Crippen molar-refractivity contribution < 1.29 is 14.4 Å². The molecule has 0 spiro atoms. The summed E-state index contributed by atoms with van der Waals surface area (Å²) in [6.07, 6.45) is 2.04. The number of carboxylic acids is 1. The van der Waals surface area contributed by atoms with Gasteiger partial charge < -0.3 is 9.63 Å². The van der Waals surface area contributed by atoms with Crippen LogP contribution in [-0.2, 0) is 4.79 Å². The molecule has 104 valence electrons. The highest BCUT2D eigenvalue weighted by molar-refractivity contribution is 9.10. The van der Waals surface area contributed by atoms with Gasteiger partial charge >= 0.3 is 5.97 Å².